The number of aromatic amines is 1. The smallest absolute Gasteiger partial charge is 0.407 e. The van der Waals surface area contributed by atoms with E-state index in [1.807, 2.05) is 12.1 Å². The zero-order valence-corrected chi connectivity index (χ0v) is 38.8. The zero-order valence-electron chi connectivity index (χ0n) is 38.0. The molecule has 6 amide bonds. The first kappa shape index (κ1) is 47.5. The molecule has 4 aromatic rings. The highest BCUT2D eigenvalue weighted by molar-refractivity contribution is 7.89. The number of rotatable bonds is 18. The minimum Gasteiger partial charge on any atom is -0.444 e. The van der Waals surface area contributed by atoms with E-state index < -0.39 is 56.6 Å². The van der Waals surface area contributed by atoms with E-state index in [-0.39, 0.29) is 53.7 Å². The van der Waals surface area contributed by atoms with E-state index in [2.05, 4.69) is 31.6 Å². The highest BCUT2D eigenvalue weighted by Gasteiger charge is 2.39. The summed E-state index contributed by atoms with van der Waals surface area (Å²) in [5, 5.41) is 14.5. The number of unbranched alkanes of at least 4 members (excludes halogenated alkanes) is 2. The third kappa shape index (κ3) is 11.5. The molecule has 2 aliphatic heterocycles. The molecule has 1 saturated carbocycles. The summed E-state index contributed by atoms with van der Waals surface area (Å²) in [6.45, 7) is 6.64. The molecular formula is C47H58N8O10S. The molecule has 66 heavy (non-hydrogen) atoms. The number of fused-ring (bicyclic) bond motifs is 2. The van der Waals surface area contributed by atoms with Crippen molar-refractivity contribution in [3.63, 3.8) is 0 Å². The van der Waals surface area contributed by atoms with Gasteiger partial charge in [0.2, 0.25) is 11.8 Å². The van der Waals surface area contributed by atoms with Gasteiger partial charge in [0.1, 0.15) is 22.9 Å². The predicted molar refractivity (Wildman–Crippen MR) is 248 cm³/mol. The Morgan fingerprint density at radius 3 is 2.32 bits per heavy atom. The van der Waals surface area contributed by atoms with E-state index in [1.165, 1.54) is 4.57 Å². The number of anilines is 1. The lowest BCUT2D eigenvalue weighted by atomic mass is 9.95. The molecule has 19 heteroatoms. The maximum Gasteiger partial charge on any atom is 0.407 e. The second-order valence-electron chi connectivity index (χ2n) is 18.5. The molecule has 2 aromatic heterocycles. The van der Waals surface area contributed by atoms with Gasteiger partial charge in [0.15, 0.2) is 9.84 Å². The number of hydrogen-bond acceptors (Lipinski definition) is 11. The summed E-state index contributed by atoms with van der Waals surface area (Å²) in [5.74, 6) is -1.95. The number of carbonyl (C=O) groups is 6. The number of nitrogens with zero attached hydrogens (tertiary/aromatic N) is 2. The second kappa shape index (κ2) is 19.5. The van der Waals surface area contributed by atoms with Gasteiger partial charge in [-0.15, -0.1) is 0 Å². The van der Waals surface area contributed by atoms with Crippen LogP contribution >= 0.6 is 0 Å². The molecule has 3 aliphatic rings. The van der Waals surface area contributed by atoms with Gasteiger partial charge in [-0.05, 0) is 106 Å². The fraction of sp³-hybridized carbons (Fsp3) is 0.468. The normalized spacial score (nSPS) is 16.2. The first-order chi connectivity index (χ1) is 31.3. The maximum atomic E-state index is 14.0. The van der Waals surface area contributed by atoms with Gasteiger partial charge in [-0.2, -0.15) is 0 Å². The number of aromatic nitrogens is 2. The number of amides is 6. The largest absolute Gasteiger partial charge is 0.444 e. The number of H-pyrrole nitrogens is 1. The molecule has 1 saturated heterocycles. The van der Waals surface area contributed by atoms with Crippen LogP contribution in [-0.4, -0.2) is 103 Å². The number of pyridine rings is 1. The molecule has 18 nitrogen and oxygen atoms in total. The summed E-state index contributed by atoms with van der Waals surface area (Å²) in [6.07, 6.45) is 7.50. The van der Waals surface area contributed by atoms with E-state index in [0.29, 0.717) is 72.6 Å². The van der Waals surface area contributed by atoms with Gasteiger partial charge in [0.25, 0.3) is 23.3 Å². The van der Waals surface area contributed by atoms with Crippen molar-refractivity contribution in [2.75, 3.05) is 37.8 Å². The first-order valence-corrected chi connectivity index (χ1v) is 24.4. The lowest BCUT2D eigenvalue weighted by Gasteiger charge is -2.29. The van der Waals surface area contributed by atoms with Crippen molar-refractivity contribution in [3.8, 4) is 11.1 Å². The molecule has 1 unspecified atom stereocenters. The Morgan fingerprint density at radius 1 is 0.864 bits per heavy atom. The van der Waals surface area contributed by atoms with Gasteiger partial charge >= 0.3 is 6.09 Å². The minimum absolute atomic E-state index is 0.0824. The summed E-state index contributed by atoms with van der Waals surface area (Å²) in [6, 6.07) is 9.78. The number of benzene rings is 2. The van der Waals surface area contributed by atoms with Crippen LogP contribution in [0.4, 0.5) is 10.5 Å². The lowest BCUT2D eigenvalue weighted by Crippen LogP contribution is -2.52. The van der Waals surface area contributed by atoms with Gasteiger partial charge in [0, 0.05) is 92.0 Å². The van der Waals surface area contributed by atoms with Gasteiger partial charge in [-0.3, -0.25) is 34.1 Å². The quantitative estimate of drug-likeness (QED) is 0.0614. The number of piperidine rings is 1. The summed E-state index contributed by atoms with van der Waals surface area (Å²) in [7, 11) is -2.06. The van der Waals surface area contributed by atoms with Crippen LogP contribution in [0.3, 0.4) is 0 Å². The third-order valence-corrected chi connectivity index (χ3v) is 12.7. The Morgan fingerprint density at radius 2 is 1.61 bits per heavy atom. The number of sulfone groups is 1. The average Bonchev–Trinajstić information content (AvgIpc) is 3.86. The van der Waals surface area contributed by atoms with Crippen LogP contribution in [0.25, 0.3) is 22.0 Å². The van der Waals surface area contributed by atoms with Crippen LogP contribution in [0, 0.1) is 5.92 Å². The number of alkyl carbamates (subject to hydrolysis) is 1. The van der Waals surface area contributed by atoms with Crippen molar-refractivity contribution in [2.45, 2.75) is 96.1 Å². The van der Waals surface area contributed by atoms with E-state index in [1.54, 1.807) is 63.2 Å². The number of carbonyl (C=O) groups excluding carboxylic acids is 6. The van der Waals surface area contributed by atoms with Crippen LogP contribution in [0.15, 0.2) is 47.4 Å². The van der Waals surface area contributed by atoms with Gasteiger partial charge in [-0.25, -0.2) is 13.2 Å². The minimum atomic E-state index is -3.64. The highest BCUT2D eigenvalue weighted by Crippen LogP contribution is 2.38. The molecule has 0 bridgehead atoms. The zero-order chi connectivity index (χ0) is 47.5. The number of hydrogen-bond donors (Lipinski definition) is 6. The fourth-order valence-electron chi connectivity index (χ4n) is 8.42. The van der Waals surface area contributed by atoms with Gasteiger partial charge in [0.05, 0.1) is 5.75 Å². The number of aryl methyl sites for hydroxylation is 2. The number of nitrogens with one attached hydrogen (secondary N) is 6. The fourth-order valence-corrected chi connectivity index (χ4v) is 9.23. The Hall–Kier alpha value is -6.50. The topological polar surface area (TPSA) is 247 Å². The van der Waals surface area contributed by atoms with Crippen molar-refractivity contribution in [3.05, 3.63) is 86.5 Å². The Labute approximate surface area is 382 Å². The Balaban J connectivity index is 1.05. The molecule has 7 rings (SSSR count). The third-order valence-electron chi connectivity index (χ3n) is 11.8. The second-order valence-corrected chi connectivity index (χ2v) is 20.6. The van der Waals surface area contributed by atoms with Crippen molar-refractivity contribution in [1.82, 2.24) is 35.7 Å². The Bertz CT molecular complexity index is 2770. The molecule has 6 N–H and O–H groups in total. The first-order valence-electron chi connectivity index (χ1n) is 22.4. The summed E-state index contributed by atoms with van der Waals surface area (Å²) in [4.78, 5) is 94.8. The maximum absolute atomic E-state index is 14.0. The highest BCUT2D eigenvalue weighted by atomic mass is 32.2. The van der Waals surface area contributed by atoms with Crippen molar-refractivity contribution in [1.29, 1.82) is 0 Å². The van der Waals surface area contributed by atoms with Crippen LogP contribution in [0.1, 0.15) is 114 Å². The van der Waals surface area contributed by atoms with Crippen molar-refractivity contribution < 1.29 is 41.9 Å². The lowest BCUT2D eigenvalue weighted by molar-refractivity contribution is -0.136. The van der Waals surface area contributed by atoms with Gasteiger partial charge < -0.3 is 40.5 Å². The molecule has 0 radical (unpaired) electrons. The molecule has 2 aromatic carbocycles. The summed E-state index contributed by atoms with van der Waals surface area (Å²) < 4.78 is 32.3. The molecule has 1 atom stereocenters. The predicted octanol–water partition coefficient (Wildman–Crippen LogP) is 4.06. The average molecular weight is 927 g/mol. The van der Waals surface area contributed by atoms with Crippen molar-refractivity contribution in [2.24, 2.45) is 13.0 Å². The summed E-state index contributed by atoms with van der Waals surface area (Å²) in [5.41, 5.74) is 3.77. The van der Waals surface area contributed by atoms with Crippen molar-refractivity contribution >= 4 is 62.1 Å². The molecule has 1 aliphatic carbocycles. The monoisotopic (exact) mass is 926 g/mol. The van der Waals surface area contributed by atoms with Gasteiger partial charge in [-0.1, -0.05) is 18.6 Å². The molecule has 352 valence electrons. The van der Waals surface area contributed by atoms with Crippen LogP contribution in [-0.2, 0) is 49.9 Å². The van der Waals surface area contributed by atoms with E-state index in [0.717, 1.165) is 43.1 Å². The summed E-state index contributed by atoms with van der Waals surface area (Å²) >= 11 is 0. The standard InChI is InChI=1S/C47H58N8O10S/c1-47(2,3)65-46(62)50-19-18-49-42(58)37-22-33-35(24-54(4)45(61)40(33)52-37)32-20-29(26-66(5,63)64)31(21-36(32)51-23-27-13-14-27)41(57)48-17-8-6-7-10-28-11-9-12-30-34(28)25-55(44(30)60)38-15-16-39(56)53-43(38)59/h9,11-12,20-22,24,27,38,51-52H,6-8,10,13-19,23,25-26H2,1-5H3,(H,48,57)(H,49,58)(H,50,62)(H,53,56,59). The molecule has 2 fully saturated rings. The van der Waals surface area contributed by atoms with E-state index in [9.17, 15) is 42.0 Å². The number of imide groups is 1. The number of ether oxygens (including phenoxy) is 1. The van der Waals surface area contributed by atoms with E-state index in [4.69, 9.17) is 4.74 Å². The van der Waals surface area contributed by atoms with Crippen LogP contribution < -0.4 is 32.1 Å². The SMILES string of the molecule is Cn1cc(-c2cc(CS(C)(=O)=O)c(C(=O)NCCCCCc3cccc4c3CN(C3CCC(=O)NC3=O)C4=O)cc2NCC2CC2)c2cc(C(=O)NCCNC(=O)OC(C)(C)C)[nH]c2c1=O. The Kier molecular flexibility index (Phi) is 14.0. The molecule has 4 heterocycles. The van der Waals surface area contributed by atoms with Crippen LogP contribution in [0.2, 0.25) is 0 Å². The molecule has 0 spiro atoms. The molecular weight excluding hydrogens is 869 g/mol. The van der Waals surface area contributed by atoms with Crippen LogP contribution in [0.5, 0.6) is 0 Å². The van der Waals surface area contributed by atoms with E-state index >= 15 is 0 Å².